The standard InChI is InChI=1S/C17H20N2O2S2/c1-21-14-6-3-2-5-13(14)18-17(20)19-9-8-16(23-12-10-19)15-7-4-11-22-15/h2-7,11,16H,8-10,12H2,1H3,(H,18,20)/t16-/m0/s1. The molecule has 6 heteroatoms. The smallest absolute Gasteiger partial charge is 0.321 e. The average molecular weight is 348 g/mol. The average Bonchev–Trinajstić information content (AvgIpc) is 3.00. The van der Waals surface area contributed by atoms with Gasteiger partial charge in [-0.2, -0.15) is 11.8 Å². The van der Waals surface area contributed by atoms with Crippen molar-refractivity contribution in [2.24, 2.45) is 0 Å². The highest BCUT2D eigenvalue weighted by atomic mass is 32.2. The van der Waals surface area contributed by atoms with Gasteiger partial charge in [-0.25, -0.2) is 4.79 Å². The molecule has 1 atom stereocenters. The van der Waals surface area contributed by atoms with E-state index in [4.69, 9.17) is 4.74 Å². The number of amides is 2. The van der Waals surface area contributed by atoms with Crippen LogP contribution in [0.15, 0.2) is 41.8 Å². The number of urea groups is 1. The molecule has 0 unspecified atom stereocenters. The molecule has 2 heterocycles. The first-order valence-electron chi connectivity index (χ1n) is 7.62. The Morgan fingerprint density at radius 3 is 2.91 bits per heavy atom. The number of nitrogens with one attached hydrogen (secondary N) is 1. The van der Waals surface area contributed by atoms with Gasteiger partial charge in [0, 0.05) is 29.0 Å². The predicted molar refractivity (Wildman–Crippen MR) is 97.7 cm³/mol. The van der Waals surface area contributed by atoms with Gasteiger partial charge in [-0.3, -0.25) is 0 Å². The van der Waals surface area contributed by atoms with Crippen LogP contribution in [0, 0.1) is 0 Å². The molecule has 0 aliphatic carbocycles. The Hall–Kier alpha value is -1.66. The first-order valence-corrected chi connectivity index (χ1v) is 9.54. The van der Waals surface area contributed by atoms with Crippen LogP contribution in [0.3, 0.4) is 0 Å². The van der Waals surface area contributed by atoms with Gasteiger partial charge in [0.1, 0.15) is 5.75 Å². The molecule has 1 aliphatic heterocycles. The maximum absolute atomic E-state index is 12.5. The van der Waals surface area contributed by atoms with Crippen LogP contribution in [0.4, 0.5) is 10.5 Å². The van der Waals surface area contributed by atoms with Crippen molar-refractivity contribution >= 4 is 34.8 Å². The van der Waals surface area contributed by atoms with E-state index < -0.39 is 0 Å². The third kappa shape index (κ3) is 4.00. The van der Waals surface area contributed by atoms with Crippen molar-refractivity contribution in [3.05, 3.63) is 46.7 Å². The maximum atomic E-state index is 12.5. The largest absolute Gasteiger partial charge is 0.495 e. The van der Waals surface area contributed by atoms with Crippen LogP contribution in [-0.4, -0.2) is 36.9 Å². The Labute approximate surface area is 144 Å². The summed E-state index contributed by atoms with van der Waals surface area (Å²) in [5, 5.41) is 5.58. The highest BCUT2D eigenvalue weighted by Gasteiger charge is 2.23. The summed E-state index contributed by atoms with van der Waals surface area (Å²) in [6, 6.07) is 11.7. The number of ether oxygens (including phenoxy) is 1. The van der Waals surface area contributed by atoms with Crippen molar-refractivity contribution in [3.8, 4) is 5.75 Å². The summed E-state index contributed by atoms with van der Waals surface area (Å²) < 4.78 is 5.29. The Kier molecular flexibility index (Phi) is 5.46. The number of carbonyl (C=O) groups is 1. The summed E-state index contributed by atoms with van der Waals surface area (Å²) in [6.07, 6.45) is 0.991. The molecular weight excluding hydrogens is 328 g/mol. The van der Waals surface area contributed by atoms with Crippen molar-refractivity contribution < 1.29 is 9.53 Å². The fourth-order valence-electron chi connectivity index (χ4n) is 2.62. The van der Waals surface area contributed by atoms with Gasteiger partial charge < -0.3 is 15.0 Å². The molecule has 0 bridgehead atoms. The molecule has 0 saturated carbocycles. The second-order valence-corrected chi connectivity index (χ2v) is 7.57. The molecule has 3 rings (SSSR count). The Bertz CT molecular complexity index is 646. The molecule has 2 aromatic rings. The zero-order valence-corrected chi connectivity index (χ0v) is 14.7. The number of para-hydroxylation sites is 2. The number of rotatable bonds is 3. The summed E-state index contributed by atoms with van der Waals surface area (Å²) in [7, 11) is 1.61. The van der Waals surface area contributed by atoms with E-state index in [2.05, 4.69) is 22.8 Å². The number of carbonyl (C=O) groups excluding carboxylic acids is 1. The highest BCUT2D eigenvalue weighted by molar-refractivity contribution is 7.99. The van der Waals surface area contributed by atoms with E-state index in [0.29, 0.717) is 16.7 Å². The molecule has 2 amide bonds. The van der Waals surface area contributed by atoms with Crippen LogP contribution in [-0.2, 0) is 0 Å². The van der Waals surface area contributed by atoms with E-state index in [1.807, 2.05) is 40.9 Å². The Morgan fingerprint density at radius 1 is 1.26 bits per heavy atom. The van der Waals surface area contributed by atoms with Gasteiger partial charge in [0.15, 0.2) is 0 Å². The van der Waals surface area contributed by atoms with Gasteiger partial charge in [0.25, 0.3) is 0 Å². The molecule has 1 aromatic carbocycles. The third-order valence-electron chi connectivity index (χ3n) is 3.84. The van der Waals surface area contributed by atoms with Crippen molar-refractivity contribution in [1.29, 1.82) is 0 Å². The van der Waals surface area contributed by atoms with Gasteiger partial charge in [0.2, 0.25) is 0 Å². The zero-order chi connectivity index (χ0) is 16.1. The van der Waals surface area contributed by atoms with Gasteiger partial charge in [-0.15, -0.1) is 11.3 Å². The van der Waals surface area contributed by atoms with Crippen molar-refractivity contribution in [3.63, 3.8) is 0 Å². The van der Waals surface area contributed by atoms with Crippen LogP contribution >= 0.6 is 23.1 Å². The minimum atomic E-state index is -0.0538. The van der Waals surface area contributed by atoms with E-state index >= 15 is 0 Å². The van der Waals surface area contributed by atoms with Crippen molar-refractivity contribution in [2.75, 3.05) is 31.3 Å². The van der Waals surface area contributed by atoms with Crippen LogP contribution in [0.1, 0.15) is 16.5 Å². The number of nitrogens with zero attached hydrogens (tertiary/aromatic N) is 1. The molecule has 0 radical (unpaired) electrons. The first-order chi connectivity index (χ1) is 11.3. The lowest BCUT2D eigenvalue weighted by Crippen LogP contribution is -2.36. The topological polar surface area (TPSA) is 41.6 Å². The van der Waals surface area contributed by atoms with Crippen molar-refractivity contribution in [1.82, 2.24) is 4.90 Å². The summed E-state index contributed by atoms with van der Waals surface area (Å²) in [4.78, 5) is 15.8. The lowest BCUT2D eigenvalue weighted by atomic mass is 10.2. The Morgan fingerprint density at radius 2 is 2.13 bits per heavy atom. The number of anilines is 1. The fraction of sp³-hybridized carbons (Fsp3) is 0.353. The van der Waals surface area contributed by atoms with Gasteiger partial charge >= 0.3 is 6.03 Å². The van der Waals surface area contributed by atoms with Crippen LogP contribution in [0.5, 0.6) is 5.75 Å². The number of benzene rings is 1. The monoisotopic (exact) mass is 348 g/mol. The van der Waals surface area contributed by atoms with Crippen LogP contribution < -0.4 is 10.1 Å². The lowest BCUT2D eigenvalue weighted by Gasteiger charge is -2.21. The van der Waals surface area contributed by atoms with Crippen LogP contribution in [0.25, 0.3) is 0 Å². The van der Waals surface area contributed by atoms with Gasteiger partial charge in [-0.05, 0) is 30.0 Å². The summed E-state index contributed by atoms with van der Waals surface area (Å²) in [6.45, 7) is 1.55. The number of hydrogen-bond acceptors (Lipinski definition) is 4. The molecule has 122 valence electrons. The van der Waals surface area contributed by atoms with E-state index in [1.165, 1.54) is 4.88 Å². The highest BCUT2D eigenvalue weighted by Crippen LogP contribution is 2.36. The fourth-order valence-corrected chi connectivity index (χ4v) is 4.85. The maximum Gasteiger partial charge on any atom is 0.321 e. The SMILES string of the molecule is COc1ccccc1NC(=O)N1CCS[C@H](c2cccs2)CC1. The molecular formula is C17H20N2O2S2. The second kappa shape index (κ2) is 7.75. The minimum Gasteiger partial charge on any atom is -0.495 e. The predicted octanol–water partition coefficient (Wildman–Crippen LogP) is 4.47. The van der Waals surface area contributed by atoms with E-state index in [-0.39, 0.29) is 6.03 Å². The summed E-state index contributed by atoms with van der Waals surface area (Å²) >= 11 is 3.74. The summed E-state index contributed by atoms with van der Waals surface area (Å²) in [5.41, 5.74) is 0.715. The normalized spacial score (nSPS) is 18.3. The summed E-state index contributed by atoms with van der Waals surface area (Å²) in [5.74, 6) is 1.64. The molecule has 1 N–H and O–H groups in total. The lowest BCUT2D eigenvalue weighted by molar-refractivity contribution is 0.215. The molecule has 1 saturated heterocycles. The van der Waals surface area contributed by atoms with E-state index in [1.54, 1.807) is 18.4 Å². The number of thioether (sulfide) groups is 1. The quantitative estimate of drug-likeness (QED) is 0.890. The molecule has 0 spiro atoms. The Balaban J connectivity index is 1.62. The van der Waals surface area contributed by atoms with Crippen LogP contribution in [0.2, 0.25) is 0 Å². The second-order valence-electron chi connectivity index (χ2n) is 5.28. The zero-order valence-electron chi connectivity index (χ0n) is 13.0. The minimum absolute atomic E-state index is 0.0538. The van der Waals surface area contributed by atoms with E-state index in [0.717, 1.165) is 25.3 Å². The molecule has 1 fully saturated rings. The number of hydrogen-bond donors (Lipinski definition) is 1. The number of methoxy groups -OCH3 is 1. The molecule has 1 aromatic heterocycles. The molecule has 23 heavy (non-hydrogen) atoms. The molecule has 4 nitrogen and oxygen atoms in total. The number of thiophene rings is 1. The van der Waals surface area contributed by atoms with Gasteiger partial charge in [0.05, 0.1) is 12.8 Å². The third-order valence-corrected chi connectivity index (χ3v) is 6.28. The molecule has 1 aliphatic rings. The van der Waals surface area contributed by atoms with Crippen molar-refractivity contribution in [2.45, 2.75) is 11.7 Å². The first kappa shape index (κ1) is 16.2. The van der Waals surface area contributed by atoms with E-state index in [9.17, 15) is 4.79 Å². The van der Waals surface area contributed by atoms with Gasteiger partial charge in [-0.1, -0.05) is 18.2 Å².